The molecule has 1 saturated carbocycles. The summed E-state index contributed by atoms with van der Waals surface area (Å²) >= 11 is 1.27. The number of nitrogens with two attached hydrogens (primary N) is 1. The molecule has 0 aliphatic heterocycles. The number of benzene rings is 1. The van der Waals surface area contributed by atoms with Crippen LogP contribution in [0.5, 0.6) is 0 Å². The molecule has 2 aromatic rings. The minimum absolute atomic E-state index is 0.0596. The van der Waals surface area contributed by atoms with E-state index in [0.29, 0.717) is 16.4 Å². The first-order valence-electron chi connectivity index (χ1n) is 7.40. The molecule has 0 atom stereocenters. The second-order valence-corrected chi connectivity index (χ2v) is 6.52. The van der Waals surface area contributed by atoms with Crippen molar-refractivity contribution in [2.24, 2.45) is 11.7 Å². The van der Waals surface area contributed by atoms with E-state index in [1.165, 1.54) is 30.6 Å². The lowest BCUT2D eigenvalue weighted by Gasteiger charge is -2.32. The van der Waals surface area contributed by atoms with E-state index in [-0.39, 0.29) is 5.91 Å². The van der Waals surface area contributed by atoms with E-state index in [9.17, 15) is 9.59 Å². The lowest BCUT2D eigenvalue weighted by atomic mass is 9.85. The van der Waals surface area contributed by atoms with Crippen molar-refractivity contribution in [3.05, 3.63) is 52.2 Å². The number of thiophene rings is 1. The normalized spacial score (nSPS) is 14.4. The predicted octanol–water partition coefficient (Wildman–Crippen LogP) is 3.29. The molecule has 1 aromatic carbocycles. The van der Waals surface area contributed by atoms with Crippen LogP contribution < -0.4 is 10.6 Å². The maximum atomic E-state index is 12.8. The summed E-state index contributed by atoms with van der Waals surface area (Å²) in [5, 5.41) is 1.64. The topological polar surface area (TPSA) is 63.4 Å². The zero-order valence-electron chi connectivity index (χ0n) is 12.2. The fourth-order valence-electron chi connectivity index (χ4n) is 2.56. The third kappa shape index (κ3) is 3.04. The largest absolute Gasteiger partial charge is 0.366 e. The Hall–Kier alpha value is -2.14. The number of hydrogen-bond donors (Lipinski definition) is 1. The highest BCUT2D eigenvalue weighted by molar-refractivity contribution is 7.12. The molecule has 114 valence electrons. The molecule has 3 rings (SSSR count). The van der Waals surface area contributed by atoms with Crippen LogP contribution in [0.2, 0.25) is 0 Å². The predicted molar refractivity (Wildman–Crippen MR) is 88.3 cm³/mol. The van der Waals surface area contributed by atoms with E-state index in [2.05, 4.69) is 0 Å². The van der Waals surface area contributed by atoms with Gasteiger partial charge in [-0.2, -0.15) is 0 Å². The Morgan fingerprint density at radius 1 is 1.23 bits per heavy atom. The van der Waals surface area contributed by atoms with Crippen molar-refractivity contribution in [3.63, 3.8) is 0 Å². The van der Waals surface area contributed by atoms with Gasteiger partial charge >= 0.3 is 0 Å². The van der Waals surface area contributed by atoms with E-state index >= 15 is 0 Å². The third-order valence-electron chi connectivity index (χ3n) is 4.07. The van der Waals surface area contributed by atoms with Gasteiger partial charge in [0.25, 0.3) is 5.91 Å². The monoisotopic (exact) mass is 314 g/mol. The van der Waals surface area contributed by atoms with E-state index < -0.39 is 5.91 Å². The summed E-state index contributed by atoms with van der Waals surface area (Å²) in [5.74, 6) is 0.0101. The van der Waals surface area contributed by atoms with Gasteiger partial charge in [0.05, 0.1) is 10.4 Å². The number of para-hydroxylation sites is 1. The number of rotatable bonds is 5. The lowest BCUT2D eigenvalue weighted by molar-refractivity contribution is 0.0981. The average molecular weight is 314 g/mol. The first kappa shape index (κ1) is 14.8. The minimum atomic E-state index is -0.499. The zero-order chi connectivity index (χ0) is 15.5. The van der Waals surface area contributed by atoms with Gasteiger partial charge in [-0.05, 0) is 37.0 Å². The summed E-state index contributed by atoms with van der Waals surface area (Å²) in [4.78, 5) is 26.4. The molecule has 0 radical (unpaired) electrons. The van der Waals surface area contributed by atoms with E-state index in [1.807, 2.05) is 35.2 Å². The second-order valence-electron chi connectivity index (χ2n) is 5.61. The average Bonchev–Trinajstić information content (AvgIpc) is 2.96. The zero-order valence-corrected chi connectivity index (χ0v) is 13.0. The molecule has 5 heteroatoms. The molecule has 4 nitrogen and oxygen atoms in total. The molecule has 1 aromatic heterocycles. The second kappa shape index (κ2) is 6.32. The molecule has 1 aliphatic carbocycles. The Bertz CT molecular complexity index is 677. The Morgan fingerprint density at radius 2 is 1.95 bits per heavy atom. The fourth-order valence-corrected chi connectivity index (χ4v) is 3.40. The number of hydrogen-bond acceptors (Lipinski definition) is 3. The van der Waals surface area contributed by atoms with Gasteiger partial charge in [-0.15, -0.1) is 11.3 Å². The summed E-state index contributed by atoms with van der Waals surface area (Å²) in [6, 6.07) is 11.3. The van der Waals surface area contributed by atoms with E-state index in [1.54, 1.807) is 11.4 Å². The molecule has 0 unspecified atom stereocenters. The summed E-state index contributed by atoms with van der Waals surface area (Å²) in [7, 11) is 0. The fraction of sp³-hybridized carbons (Fsp3) is 0.294. The van der Waals surface area contributed by atoms with Crippen LogP contribution in [0.1, 0.15) is 39.3 Å². The van der Waals surface area contributed by atoms with Gasteiger partial charge in [0.1, 0.15) is 0 Å². The van der Waals surface area contributed by atoms with Crippen molar-refractivity contribution < 1.29 is 9.59 Å². The maximum absolute atomic E-state index is 12.8. The van der Waals surface area contributed by atoms with Gasteiger partial charge in [-0.3, -0.25) is 9.59 Å². The van der Waals surface area contributed by atoms with Crippen molar-refractivity contribution in [1.82, 2.24) is 0 Å². The standard InChI is InChI=1S/C17H18N2O2S/c18-16(20)13-9-15(22-11-13)17(21)19(10-12-5-4-6-12)14-7-2-1-3-8-14/h1-3,7-9,11-12H,4-6,10H2,(H2,18,20). The van der Waals surface area contributed by atoms with Gasteiger partial charge in [0.15, 0.2) is 0 Å². The van der Waals surface area contributed by atoms with Crippen molar-refractivity contribution in [3.8, 4) is 0 Å². The molecule has 1 fully saturated rings. The third-order valence-corrected chi connectivity index (χ3v) is 4.99. The highest BCUT2D eigenvalue weighted by atomic mass is 32.1. The van der Waals surface area contributed by atoms with Crippen LogP contribution in [-0.4, -0.2) is 18.4 Å². The Kier molecular flexibility index (Phi) is 4.24. The van der Waals surface area contributed by atoms with Crippen molar-refractivity contribution >= 4 is 28.8 Å². The van der Waals surface area contributed by atoms with Crippen molar-refractivity contribution in [1.29, 1.82) is 0 Å². The van der Waals surface area contributed by atoms with Gasteiger partial charge in [0.2, 0.25) is 5.91 Å². The summed E-state index contributed by atoms with van der Waals surface area (Å²) in [6.07, 6.45) is 3.59. The molecule has 0 bridgehead atoms. The van der Waals surface area contributed by atoms with Gasteiger partial charge in [-0.1, -0.05) is 24.6 Å². The van der Waals surface area contributed by atoms with Crippen LogP contribution in [0.15, 0.2) is 41.8 Å². The molecule has 2 N–H and O–H groups in total. The van der Waals surface area contributed by atoms with Crippen molar-refractivity contribution in [2.75, 3.05) is 11.4 Å². The Morgan fingerprint density at radius 3 is 2.50 bits per heavy atom. The van der Waals surface area contributed by atoms with Crippen molar-refractivity contribution in [2.45, 2.75) is 19.3 Å². The van der Waals surface area contributed by atoms with Gasteiger partial charge in [-0.25, -0.2) is 0 Å². The summed E-state index contributed by atoms with van der Waals surface area (Å²) < 4.78 is 0. The molecule has 1 aliphatic rings. The molecule has 2 amide bonds. The van der Waals surface area contributed by atoms with E-state index in [0.717, 1.165) is 12.2 Å². The SMILES string of the molecule is NC(=O)c1csc(C(=O)N(CC2CCC2)c2ccccc2)c1. The Balaban J connectivity index is 1.86. The molecule has 22 heavy (non-hydrogen) atoms. The Labute approximate surface area is 133 Å². The minimum Gasteiger partial charge on any atom is -0.366 e. The maximum Gasteiger partial charge on any atom is 0.268 e. The first-order chi connectivity index (χ1) is 10.6. The van der Waals surface area contributed by atoms with Gasteiger partial charge < -0.3 is 10.6 Å². The van der Waals surface area contributed by atoms with E-state index in [4.69, 9.17) is 5.73 Å². The number of nitrogens with zero attached hydrogens (tertiary/aromatic N) is 1. The molecular formula is C17H18N2O2S. The molecule has 1 heterocycles. The van der Waals surface area contributed by atoms with Crippen LogP contribution in [0, 0.1) is 5.92 Å². The molecule has 0 spiro atoms. The molecular weight excluding hydrogens is 296 g/mol. The number of anilines is 1. The van der Waals surface area contributed by atoms with Crippen LogP contribution in [0.4, 0.5) is 5.69 Å². The van der Waals surface area contributed by atoms with Gasteiger partial charge in [0, 0.05) is 17.6 Å². The molecule has 0 saturated heterocycles. The number of carbonyl (C=O) groups excluding carboxylic acids is 2. The highest BCUT2D eigenvalue weighted by Crippen LogP contribution is 2.30. The quantitative estimate of drug-likeness (QED) is 0.920. The van der Waals surface area contributed by atoms with Crippen LogP contribution in [0.3, 0.4) is 0 Å². The smallest absolute Gasteiger partial charge is 0.268 e. The van der Waals surface area contributed by atoms with Crippen LogP contribution in [-0.2, 0) is 0 Å². The van der Waals surface area contributed by atoms with Crippen LogP contribution in [0.25, 0.3) is 0 Å². The lowest BCUT2D eigenvalue weighted by Crippen LogP contribution is -2.37. The summed E-state index contributed by atoms with van der Waals surface area (Å²) in [6.45, 7) is 0.729. The number of carbonyl (C=O) groups is 2. The van der Waals surface area contributed by atoms with Crippen LogP contribution >= 0.6 is 11.3 Å². The first-order valence-corrected chi connectivity index (χ1v) is 8.28. The summed E-state index contributed by atoms with van der Waals surface area (Å²) in [5.41, 5.74) is 6.56. The highest BCUT2D eigenvalue weighted by Gasteiger charge is 2.26. The number of primary amides is 1. The number of amides is 2.